The zero-order valence-corrected chi connectivity index (χ0v) is 13.7. The predicted octanol–water partition coefficient (Wildman–Crippen LogP) is 0.146. The van der Waals surface area contributed by atoms with E-state index >= 15 is 0 Å². The second-order valence-corrected chi connectivity index (χ2v) is 7.09. The van der Waals surface area contributed by atoms with Gasteiger partial charge >= 0.3 is 11.8 Å². The largest absolute Gasteiger partial charge is 0.373 e. The Morgan fingerprint density at radius 3 is 2.88 bits per heavy atom. The monoisotopic (exact) mass is 344 g/mol. The van der Waals surface area contributed by atoms with Crippen LogP contribution in [0.1, 0.15) is 29.6 Å². The summed E-state index contributed by atoms with van der Waals surface area (Å²) >= 11 is 0. The Kier molecular flexibility index (Phi) is 3.72. The van der Waals surface area contributed by atoms with E-state index in [1.54, 1.807) is 4.90 Å². The number of primary amides is 1. The highest BCUT2D eigenvalue weighted by molar-refractivity contribution is 6.39. The van der Waals surface area contributed by atoms with Gasteiger partial charge in [0.15, 0.2) is 0 Å². The first kappa shape index (κ1) is 16.0. The molecule has 8 nitrogen and oxygen atoms in total. The van der Waals surface area contributed by atoms with Gasteiger partial charge in [0.1, 0.15) is 0 Å². The Morgan fingerprint density at radius 2 is 2.20 bits per heavy atom. The maximum Gasteiger partial charge on any atom is 0.313 e. The van der Waals surface area contributed by atoms with Gasteiger partial charge in [0.2, 0.25) is 5.91 Å². The number of carbonyl (C=O) groups excluding carboxylic acids is 3. The first-order valence-corrected chi connectivity index (χ1v) is 8.47. The van der Waals surface area contributed by atoms with Crippen molar-refractivity contribution in [1.29, 1.82) is 0 Å². The molecule has 132 valence electrons. The van der Waals surface area contributed by atoms with Gasteiger partial charge in [-0.1, -0.05) is 0 Å². The molecule has 4 rings (SSSR count). The topological polar surface area (TPSA) is 115 Å². The Morgan fingerprint density at radius 1 is 1.36 bits per heavy atom. The highest BCUT2D eigenvalue weighted by Gasteiger charge is 2.60. The zero-order valence-electron chi connectivity index (χ0n) is 13.7. The van der Waals surface area contributed by atoms with Gasteiger partial charge in [0.25, 0.3) is 0 Å². The van der Waals surface area contributed by atoms with Crippen LogP contribution in [0.25, 0.3) is 0 Å². The fraction of sp³-hybridized carbons (Fsp3) is 0.529. The smallest absolute Gasteiger partial charge is 0.313 e. The Hall–Kier alpha value is -2.48. The van der Waals surface area contributed by atoms with Crippen LogP contribution in [0.5, 0.6) is 0 Å². The van der Waals surface area contributed by atoms with Gasteiger partial charge in [-0.3, -0.25) is 19.4 Å². The van der Waals surface area contributed by atoms with Crippen molar-refractivity contribution in [1.82, 2.24) is 9.88 Å². The molecule has 2 unspecified atom stereocenters. The lowest BCUT2D eigenvalue weighted by molar-refractivity contribution is -0.149. The van der Waals surface area contributed by atoms with Crippen LogP contribution in [0.4, 0.5) is 5.69 Å². The third-order valence-corrected chi connectivity index (χ3v) is 5.43. The highest BCUT2D eigenvalue weighted by Crippen LogP contribution is 2.56. The van der Waals surface area contributed by atoms with E-state index in [0.29, 0.717) is 24.9 Å². The van der Waals surface area contributed by atoms with Crippen molar-refractivity contribution < 1.29 is 19.1 Å². The number of aromatic nitrogens is 1. The summed E-state index contributed by atoms with van der Waals surface area (Å²) in [6, 6.07) is 1.40. The summed E-state index contributed by atoms with van der Waals surface area (Å²) in [5.74, 6) is -0.818. The fourth-order valence-corrected chi connectivity index (χ4v) is 4.07. The lowest BCUT2D eigenvalue weighted by atomic mass is 9.88. The molecule has 3 fully saturated rings. The minimum atomic E-state index is -0.745. The first-order chi connectivity index (χ1) is 12.0. The third kappa shape index (κ3) is 2.86. The Balaban J connectivity index is 1.42. The molecule has 3 aliphatic rings. The molecule has 1 aromatic heterocycles. The quantitative estimate of drug-likeness (QED) is 0.741. The molecule has 3 atom stereocenters. The molecule has 1 aliphatic carbocycles. The van der Waals surface area contributed by atoms with Gasteiger partial charge in [-0.05, 0) is 37.2 Å². The number of hydrogen-bond acceptors (Lipinski definition) is 5. The van der Waals surface area contributed by atoms with Crippen molar-refractivity contribution >= 4 is 23.4 Å². The van der Waals surface area contributed by atoms with Gasteiger partial charge in [-0.25, -0.2) is 0 Å². The third-order valence-electron chi connectivity index (χ3n) is 5.43. The number of rotatable bonds is 2. The zero-order chi connectivity index (χ0) is 17.6. The second kappa shape index (κ2) is 5.80. The van der Waals surface area contributed by atoms with Gasteiger partial charge in [0.05, 0.1) is 36.2 Å². The van der Waals surface area contributed by atoms with Crippen LogP contribution in [0.2, 0.25) is 0 Å². The normalized spacial score (nSPS) is 30.0. The van der Waals surface area contributed by atoms with Crippen LogP contribution in [0.15, 0.2) is 18.5 Å². The van der Waals surface area contributed by atoms with Crippen molar-refractivity contribution in [2.45, 2.75) is 24.9 Å². The van der Waals surface area contributed by atoms with Crippen LogP contribution in [-0.4, -0.2) is 52.9 Å². The highest BCUT2D eigenvalue weighted by atomic mass is 16.5. The summed E-state index contributed by atoms with van der Waals surface area (Å²) in [5, 5.41) is 2.49. The number of anilines is 1. The van der Waals surface area contributed by atoms with E-state index < -0.39 is 17.7 Å². The van der Waals surface area contributed by atoms with Gasteiger partial charge in [-0.15, -0.1) is 0 Å². The average Bonchev–Trinajstić information content (AvgIpc) is 3.34. The Bertz CT molecular complexity index is 752. The van der Waals surface area contributed by atoms with Gasteiger partial charge in [-0.2, -0.15) is 0 Å². The Labute approximate surface area is 144 Å². The molecule has 3 amide bonds. The molecule has 2 aliphatic heterocycles. The maximum atomic E-state index is 12.5. The lowest BCUT2D eigenvalue weighted by Gasteiger charge is -2.40. The number of nitrogens with two attached hydrogens (primary N) is 1. The molecule has 3 N–H and O–H groups in total. The van der Waals surface area contributed by atoms with Crippen molar-refractivity contribution in [3.8, 4) is 0 Å². The number of likely N-dealkylation sites (tertiary alicyclic amines) is 1. The molecule has 25 heavy (non-hydrogen) atoms. The van der Waals surface area contributed by atoms with Crippen LogP contribution >= 0.6 is 0 Å². The molecule has 1 spiro atoms. The molecular weight excluding hydrogens is 324 g/mol. The van der Waals surface area contributed by atoms with Crippen molar-refractivity contribution in [3.63, 3.8) is 0 Å². The number of carbonyl (C=O) groups is 3. The molecule has 1 saturated carbocycles. The molecule has 8 heteroatoms. The van der Waals surface area contributed by atoms with Crippen molar-refractivity contribution in [3.05, 3.63) is 24.0 Å². The van der Waals surface area contributed by atoms with E-state index in [1.807, 2.05) is 0 Å². The fourth-order valence-electron chi connectivity index (χ4n) is 4.07. The average molecular weight is 344 g/mol. The summed E-state index contributed by atoms with van der Waals surface area (Å²) in [7, 11) is 0. The van der Waals surface area contributed by atoms with E-state index in [4.69, 9.17) is 10.5 Å². The second-order valence-electron chi connectivity index (χ2n) is 7.09. The lowest BCUT2D eigenvalue weighted by Crippen LogP contribution is -2.54. The summed E-state index contributed by atoms with van der Waals surface area (Å²) in [5.41, 5.74) is 5.37. The number of nitrogens with one attached hydrogen (secondary N) is 1. The molecule has 3 heterocycles. The van der Waals surface area contributed by atoms with Crippen LogP contribution in [0, 0.1) is 11.8 Å². The molecule has 1 aromatic rings. The number of amides is 3. The SMILES string of the molecule is NC(=O)c1cncc(NC(=O)C(=O)N2CCCC3(C2)OCC2C[C@@H]23)c1. The first-order valence-electron chi connectivity index (χ1n) is 8.47. The van der Waals surface area contributed by atoms with E-state index in [1.165, 1.54) is 24.9 Å². The molecule has 0 bridgehead atoms. The van der Waals surface area contributed by atoms with Crippen LogP contribution in [-0.2, 0) is 14.3 Å². The maximum absolute atomic E-state index is 12.5. The summed E-state index contributed by atoms with van der Waals surface area (Å²) in [6.45, 7) is 1.79. The van der Waals surface area contributed by atoms with E-state index in [2.05, 4.69) is 10.3 Å². The van der Waals surface area contributed by atoms with Crippen LogP contribution in [0.3, 0.4) is 0 Å². The number of nitrogens with zero attached hydrogens (tertiary/aromatic N) is 2. The minimum absolute atomic E-state index is 0.168. The summed E-state index contributed by atoms with van der Waals surface area (Å²) < 4.78 is 5.98. The summed E-state index contributed by atoms with van der Waals surface area (Å²) in [4.78, 5) is 41.4. The predicted molar refractivity (Wildman–Crippen MR) is 87.5 cm³/mol. The van der Waals surface area contributed by atoms with Crippen molar-refractivity contribution in [2.24, 2.45) is 17.6 Å². The van der Waals surface area contributed by atoms with Gasteiger partial charge < -0.3 is 20.7 Å². The molecule has 0 radical (unpaired) electrons. The van der Waals surface area contributed by atoms with E-state index in [0.717, 1.165) is 19.4 Å². The van der Waals surface area contributed by atoms with E-state index in [-0.39, 0.29) is 16.9 Å². The summed E-state index contributed by atoms with van der Waals surface area (Å²) in [6.07, 6.45) is 5.62. The number of ether oxygens (including phenoxy) is 1. The number of pyridine rings is 1. The molecular formula is C17H20N4O4. The molecule has 2 saturated heterocycles. The standard InChI is InChI=1S/C17H20N4O4/c18-14(22)10-4-12(7-19-6-10)20-15(23)16(24)21-3-1-2-17(9-21)13-5-11(13)8-25-17/h4,6-7,11,13H,1-3,5,8-9H2,(H2,18,22)(H,20,23)/t11?,13-,17?/m0/s1. The number of fused-ring (bicyclic) bond motifs is 2. The van der Waals surface area contributed by atoms with Gasteiger partial charge in [0, 0.05) is 12.7 Å². The minimum Gasteiger partial charge on any atom is -0.373 e. The van der Waals surface area contributed by atoms with Crippen LogP contribution < -0.4 is 11.1 Å². The van der Waals surface area contributed by atoms with E-state index in [9.17, 15) is 14.4 Å². The number of piperidine rings is 1. The molecule has 0 aromatic carbocycles. The number of hydrogen-bond donors (Lipinski definition) is 2. The van der Waals surface area contributed by atoms with Crippen molar-refractivity contribution in [2.75, 3.05) is 25.0 Å².